The Labute approximate surface area is 173 Å². The number of anilines is 2. The number of fused-ring (bicyclic) bond motifs is 1. The lowest BCUT2D eigenvalue weighted by atomic mass is 10.1. The van der Waals surface area contributed by atoms with Crippen molar-refractivity contribution in [2.75, 3.05) is 17.2 Å². The van der Waals surface area contributed by atoms with Crippen LogP contribution in [-0.2, 0) is 6.42 Å². The molecule has 2 aromatic heterocycles. The van der Waals surface area contributed by atoms with Crippen LogP contribution < -0.4 is 10.6 Å². The van der Waals surface area contributed by atoms with E-state index < -0.39 is 0 Å². The molecule has 1 amide bonds. The molecule has 4 rings (SSSR count). The number of rotatable bonds is 6. The van der Waals surface area contributed by atoms with Gasteiger partial charge in [0, 0.05) is 29.3 Å². The van der Waals surface area contributed by atoms with Gasteiger partial charge in [-0.15, -0.1) is 0 Å². The number of hydrogen-bond donors (Lipinski definition) is 3. The molecular weight excluding hydrogens is 376 g/mol. The van der Waals surface area contributed by atoms with Crippen molar-refractivity contribution >= 4 is 28.4 Å². The molecule has 148 valence electrons. The fraction of sp³-hybridized carbons (Fsp3) is 0.130. The van der Waals surface area contributed by atoms with Gasteiger partial charge in [-0.25, -0.2) is 9.97 Å². The van der Waals surface area contributed by atoms with E-state index >= 15 is 0 Å². The van der Waals surface area contributed by atoms with Gasteiger partial charge in [0.15, 0.2) is 0 Å². The zero-order valence-corrected chi connectivity index (χ0v) is 16.4. The van der Waals surface area contributed by atoms with Gasteiger partial charge in [0.25, 0.3) is 5.91 Å². The smallest absolute Gasteiger partial charge is 0.274 e. The highest BCUT2D eigenvalue weighted by molar-refractivity contribution is 6.03. The van der Waals surface area contributed by atoms with E-state index in [1.165, 1.54) is 10.9 Å². The molecular formula is C23H20N6O. The molecule has 0 spiro atoms. The van der Waals surface area contributed by atoms with Crippen LogP contribution in [0.25, 0.3) is 10.9 Å². The summed E-state index contributed by atoms with van der Waals surface area (Å²) in [6.45, 7) is 2.44. The highest BCUT2D eigenvalue weighted by Gasteiger charge is 2.13. The summed E-state index contributed by atoms with van der Waals surface area (Å²) in [5.41, 5.74) is 4.08. The SMILES string of the molecule is Cc1cc(C(=O)Nc2ccccc2C#N)nc(NCCc2c[nH]c3ccccc23)n1. The summed E-state index contributed by atoms with van der Waals surface area (Å²) in [4.78, 5) is 24.6. The largest absolute Gasteiger partial charge is 0.361 e. The summed E-state index contributed by atoms with van der Waals surface area (Å²) in [6, 6.07) is 18.7. The molecule has 2 aromatic carbocycles. The number of aryl methyl sites for hydroxylation is 1. The molecule has 0 saturated heterocycles. The zero-order chi connectivity index (χ0) is 20.9. The van der Waals surface area contributed by atoms with Crippen molar-refractivity contribution < 1.29 is 4.79 Å². The summed E-state index contributed by atoms with van der Waals surface area (Å²) < 4.78 is 0. The predicted octanol–water partition coefficient (Wildman–Crippen LogP) is 4.04. The maximum absolute atomic E-state index is 12.7. The standard InChI is InChI=1S/C23H20N6O/c1-15-12-21(22(30)28-19-8-4-2-6-16(19)13-24)29-23(27-15)25-11-10-17-14-26-20-9-5-3-7-18(17)20/h2-9,12,14,26H,10-11H2,1H3,(H,28,30)(H,25,27,29). The second-order valence-corrected chi connectivity index (χ2v) is 6.87. The molecule has 30 heavy (non-hydrogen) atoms. The lowest BCUT2D eigenvalue weighted by Crippen LogP contribution is -2.17. The quantitative estimate of drug-likeness (QED) is 0.456. The van der Waals surface area contributed by atoms with E-state index in [1.807, 2.05) is 31.3 Å². The first kappa shape index (κ1) is 19.2. The second kappa shape index (κ2) is 8.45. The molecule has 0 radical (unpaired) electrons. The van der Waals surface area contributed by atoms with Crippen molar-refractivity contribution in [3.63, 3.8) is 0 Å². The molecule has 3 N–H and O–H groups in total. The molecule has 0 fully saturated rings. The van der Waals surface area contributed by atoms with Gasteiger partial charge in [0.05, 0.1) is 11.3 Å². The molecule has 7 heteroatoms. The van der Waals surface area contributed by atoms with E-state index in [-0.39, 0.29) is 11.6 Å². The molecule has 2 heterocycles. The van der Waals surface area contributed by atoms with Crippen LogP contribution in [0, 0.1) is 18.3 Å². The summed E-state index contributed by atoms with van der Waals surface area (Å²) in [5.74, 6) is 0.0106. The minimum absolute atomic E-state index is 0.241. The number of benzene rings is 2. The second-order valence-electron chi connectivity index (χ2n) is 6.87. The summed E-state index contributed by atoms with van der Waals surface area (Å²) in [7, 11) is 0. The van der Waals surface area contributed by atoms with E-state index in [1.54, 1.807) is 30.3 Å². The molecule has 4 aromatic rings. The number of nitrogens with zero attached hydrogens (tertiary/aromatic N) is 3. The fourth-order valence-corrected chi connectivity index (χ4v) is 3.29. The number of carbonyl (C=O) groups excluding carboxylic acids is 1. The number of amides is 1. The monoisotopic (exact) mass is 396 g/mol. The van der Waals surface area contributed by atoms with Crippen LogP contribution in [0.3, 0.4) is 0 Å². The normalized spacial score (nSPS) is 10.5. The van der Waals surface area contributed by atoms with E-state index in [9.17, 15) is 10.1 Å². The number of aromatic amines is 1. The lowest BCUT2D eigenvalue weighted by molar-refractivity contribution is 0.102. The highest BCUT2D eigenvalue weighted by atomic mass is 16.1. The van der Waals surface area contributed by atoms with Crippen LogP contribution in [0.15, 0.2) is 60.8 Å². The van der Waals surface area contributed by atoms with E-state index in [0.29, 0.717) is 29.4 Å². The molecule has 0 aliphatic heterocycles. The molecule has 0 aliphatic rings. The van der Waals surface area contributed by atoms with Gasteiger partial charge in [-0.05, 0) is 43.2 Å². The average Bonchev–Trinajstić information content (AvgIpc) is 3.17. The third-order valence-corrected chi connectivity index (χ3v) is 4.73. The third-order valence-electron chi connectivity index (χ3n) is 4.73. The molecule has 7 nitrogen and oxygen atoms in total. The number of aromatic nitrogens is 3. The van der Waals surface area contributed by atoms with Crippen LogP contribution in [0.1, 0.15) is 27.3 Å². The van der Waals surface area contributed by atoms with E-state index in [4.69, 9.17) is 0 Å². The van der Waals surface area contributed by atoms with Gasteiger partial charge in [0.1, 0.15) is 11.8 Å². The predicted molar refractivity (Wildman–Crippen MR) is 116 cm³/mol. The van der Waals surface area contributed by atoms with Crippen LogP contribution >= 0.6 is 0 Å². The minimum atomic E-state index is -0.386. The number of para-hydroxylation sites is 2. The molecule has 0 unspecified atom stereocenters. The van der Waals surface area contributed by atoms with Crippen LogP contribution in [0.2, 0.25) is 0 Å². The third kappa shape index (κ3) is 4.13. The molecule has 0 saturated carbocycles. The molecule has 0 bridgehead atoms. The summed E-state index contributed by atoms with van der Waals surface area (Å²) in [5, 5.41) is 16.3. The average molecular weight is 396 g/mol. The van der Waals surface area contributed by atoms with Crippen molar-refractivity contribution in [2.24, 2.45) is 0 Å². The van der Waals surface area contributed by atoms with Gasteiger partial charge in [-0.2, -0.15) is 5.26 Å². The Balaban J connectivity index is 1.45. The Morgan fingerprint density at radius 3 is 2.80 bits per heavy atom. The van der Waals surface area contributed by atoms with E-state index in [2.05, 4.69) is 37.7 Å². The van der Waals surface area contributed by atoms with Gasteiger partial charge in [0.2, 0.25) is 5.95 Å². The van der Waals surface area contributed by atoms with Crippen molar-refractivity contribution in [1.29, 1.82) is 5.26 Å². The Kier molecular flexibility index (Phi) is 5.39. The van der Waals surface area contributed by atoms with Crippen LogP contribution in [-0.4, -0.2) is 27.4 Å². The first-order valence-corrected chi connectivity index (χ1v) is 9.59. The van der Waals surface area contributed by atoms with E-state index in [0.717, 1.165) is 11.9 Å². The van der Waals surface area contributed by atoms with Crippen LogP contribution in [0.5, 0.6) is 0 Å². The summed E-state index contributed by atoms with van der Waals surface area (Å²) in [6.07, 6.45) is 2.80. The number of carbonyl (C=O) groups is 1. The Morgan fingerprint density at radius 2 is 1.93 bits per heavy atom. The van der Waals surface area contributed by atoms with Crippen molar-refractivity contribution in [1.82, 2.24) is 15.0 Å². The van der Waals surface area contributed by atoms with Gasteiger partial charge >= 0.3 is 0 Å². The van der Waals surface area contributed by atoms with Crippen molar-refractivity contribution in [2.45, 2.75) is 13.3 Å². The number of H-pyrrole nitrogens is 1. The topological polar surface area (TPSA) is 106 Å². The van der Waals surface area contributed by atoms with Crippen molar-refractivity contribution in [3.05, 3.63) is 83.3 Å². The lowest BCUT2D eigenvalue weighted by Gasteiger charge is -2.09. The zero-order valence-electron chi connectivity index (χ0n) is 16.4. The minimum Gasteiger partial charge on any atom is -0.361 e. The number of nitriles is 1. The highest BCUT2D eigenvalue weighted by Crippen LogP contribution is 2.18. The van der Waals surface area contributed by atoms with Crippen LogP contribution in [0.4, 0.5) is 11.6 Å². The first-order chi connectivity index (χ1) is 14.6. The van der Waals surface area contributed by atoms with Gasteiger partial charge in [-0.3, -0.25) is 4.79 Å². The Hall–Kier alpha value is -4.18. The Bertz CT molecular complexity index is 1250. The number of hydrogen-bond acceptors (Lipinski definition) is 5. The molecule has 0 aliphatic carbocycles. The first-order valence-electron chi connectivity index (χ1n) is 9.59. The Morgan fingerprint density at radius 1 is 1.13 bits per heavy atom. The van der Waals surface area contributed by atoms with Gasteiger partial charge in [-0.1, -0.05) is 30.3 Å². The molecule has 0 atom stereocenters. The van der Waals surface area contributed by atoms with Gasteiger partial charge < -0.3 is 15.6 Å². The fourth-order valence-electron chi connectivity index (χ4n) is 3.29. The summed E-state index contributed by atoms with van der Waals surface area (Å²) >= 11 is 0. The maximum atomic E-state index is 12.7. The number of nitrogens with one attached hydrogen (secondary N) is 3. The maximum Gasteiger partial charge on any atom is 0.274 e. The van der Waals surface area contributed by atoms with Crippen molar-refractivity contribution in [3.8, 4) is 6.07 Å².